The Balaban J connectivity index is 2.30. The van der Waals surface area contributed by atoms with E-state index < -0.39 is 0 Å². The Bertz CT molecular complexity index is 341. The molecule has 0 aromatic heterocycles. The first-order valence-electron chi connectivity index (χ1n) is 6.19. The van der Waals surface area contributed by atoms with Crippen LogP contribution in [0.2, 0.25) is 0 Å². The van der Waals surface area contributed by atoms with Crippen molar-refractivity contribution >= 4 is 0 Å². The fourth-order valence-corrected chi connectivity index (χ4v) is 2.79. The van der Waals surface area contributed by atoms with Crippen molar-refractivity contribution in [2.45, 2.75) is 51.2 Å². The molecule has 1 aromatic carbocycles. The van der Waals surface area contributed by atoms with Gasteiger partial charge in [0.1, 0.15) is 0 Å². The van der Waals surface area contributed by atoms with E-state index in [2.05, 4.69) is 6.07 Å². The minimum atomic E-state index is 0.0243. The van der Waals surface area contributed by atoms with Crippen LogP contribution >= 0.6 is 0 Å². The Labute approximate surface area is 96.9 Å². The normalized spacial score (nSPS) is 17.6. The van der Waals surface area contributed by atoms with E-state index in [4.69, 9.17) is 0 Å². The molecule has 2 N–H and O–H groups in total. The molecular weight excluding hydrogens is 200 g/mol. The third-order valence-electron chi connectivity index (χ3n) is 3.68. The molecule has 2 nitrogen and oxygen atoms in total. The van der Waals surface area contributed by atoms with Crippen LogP contribution in [-0.4, -0.2) is 10.2 Å². The summed E-state index contributed by atoms with van der Waals surface area (Å²) >= 11 is 0. The molecule has 16 heavy (non-hydrogen) atoms. The molecule has 0 saturated heterocycles. The van der Waals surface area contributed by atoms with E-state index in [0.29, 0.717) is 5.92 Å². The van der Waals surface area contributed by atoms with Gasteiger partial charge in [-0.15, -0.1) is 0 Å². The smallest absolute Gasteiger partial charge is 0.0688 e. The molecule has 1 fully saturated rings. The lowest BCUT2D eigenvalue weighted by atomic mass is 9.81. The number of rotatable bonds is 3. The average molecular weight is 220 g/mol. The Kier molecular flexibility index (Phi) is 3.97. The predicted molar refractivity (Wildman–Crippen MR) is 64.1 cm³/mol. The van der Waals surface area contributed by atoms with Crippen molar-refractivity contribution in [2.24, 2.45) is 0 Å². The number of hydrogen-bond donors (Lipinski definition) is 2. The molecule has 0 heterocycles. The molecule has 0 amide bonds. The molecule has 0 bridgehead atoms. The van der Waals surface area contributed by atoms with Crippen LogP contribution in [0, 0.1) is 0 Å². The minimum Gasteiger partial charge on any atom is -0.392 e. The highest BCUT2D eigenvalue weighted by atomic mass is 16.3. The number of benzene rings is 1. The van der Waals surface area contributed by atoms with Crippen molar-refractivity contribution < 1.29 is 10.2 Å². The molecule has 2 heteroatoms. The highest BCUT2D eigenvalue weighted by Gasteiger charge is 2.19. The molecule has 0 aliphatic heterocycles. The van der Waals surface area contributed by atoms with Crippen LogP contribution in [0.25, 0.3) is 0 Å². The van der Waals surface area contributed by atoms with Gasteiger partial charge in [0, 0.05) is 0 Å². The molecule has 1 aromatic rings. The fourth-order valence-electron chi connectivity index (χ4n) is 2.79. The summed E-state index contributed by atoms with van der Waals surface area (Å²) in [6.45, 7) is 0.0685. The van der Waals surface area contributed by atoms with Gasteiger partial charge in [-0.2, -0.15) is 0 Å². The van der Waals surface area contributed by atoms with Gasteiger partial charge in [0.25, 0.3) is 0 Å². The van der Waals surface area contributed by atoms with E-state index in [1.54, 1.807) is 0 Å². The summed E-state index contributed by atoms with van der Waals surface area (Å²) in [6, 6.07) is 6.01. The highest BCUT2D eigenvalue weighted by molar-refractivity contribution is 5.37. The first-order chi connectivity index (χ1) is 7.86. The van der Waals surface area contributed by atoms with E-state index in [0.717, 1.165) is 11.1 Å². The topological polar surface area (TPSA) is 40.5 Å². The monoisotopic (exact) mass is 220 g/mol. The molecule has 0 radical (unpaired) electrons. The first kappa shape index (κ1) is 11.6. The van der Waals surface area contributed by atoms with Gasteiger partial charge in [-0.1, -0.05) is 37.5 Å². The zero-order valence-electron chi connectivity index (χ0n) is 9.65. The van der Waals surface area contributed by atoms with Crippen LogP contribution in [0.1, 0.15) is 54.7 Å². The van der Waals surface area contributed by atoms with E-state index in [9.17, 15) is 10.2 Å². The lowest BCUT2D eigenvalue weighted by Gasteiger charge is -2.25. The summed E-state index contributed by atoms with van der Waals surface area (Å²) < 4.78 is 0. The van der Waals surface area contributed by atoms with Crippen LogP contribution in [-0.2, 0) is 13.2 Å². The standard InChI is InChI=1S/C14H20O2/c15-9-12-7-4-8-13(14(12)10-16)11-5-2-1-3-6-11/h4,7-8,11,15-16H,1-3,5-6,9-10H2. The van der Waals surface area contributed by atoms with Crippen molar-refractivity contribution in [1.82, 2.24) is 0 Å². The van der Waals surface area contributed by atoms with E-state index >= 15 is 0 Å². The second-order valence-electron chi connectivity index (χ2n) is 4.64. The summed E-state index contributed by atoms with van der Waals surface area (Å²) in [5, 5.41) is 18.7. The fraction of sp³-hybridized carbons (Fsp3) is 0.571. The molecular formula is C14H20O2. The Hall–Kier alpha value is -0.860. The first-order valence-corrected chi connectivity index (χ1v) is 6.19. The van der Waals surface area contributed by atoms with Crippen molar-refractivity contribution in [1.29, 1.82) is 0 Å². The lowest BCUT2D eigenvalue weighted by Crippen LogP contribution is -2.09. The van der Waals surface area contributed by atoms with E-state index in [1.165, 1.54) is 37.7 Å². The molecule has 0 atom stereocenters. The van der Waals surface area contributed by atoms with E-state index in [1.807, 2.05) is 12.1 Å². The van der Waals surface area contributed by atoms with Gasteiger partial charge in [0.2, 0.25) is 0 Å². The largest absolute Gasteiger partial charge is 0.392 e. The molecule has 1 aliphatic carbocycles. The van der Waals surface area contributed by atoms with Gasteiger partial charge in [-0.25, -0.2) is 0 Å². The lowest BCUT2D eigenvalue weighted by molar-refractivity contribution is 0.257. The summed E-state index contributed by atoms with van der Waals surface area (Å²) in [4.78, 5) is 0. The van der Waals surface area contributed by atoms with Gasteiger partial charge in [-0.3, -0.25) is 0 Å². The number of aliphatic hydroxyl groups is 2. The zero-order valence-corrected chi connectivity index (χ0v) is 9.65. The molecule has 1 saturated carbocycles. The zero-order chi connectivity index (χ0) is 11.4. The van der Waals surface area contributed by atoms with Gasteiger partial charge in [0.15, 0.2) is 0 Å². The second kappa shape index (κ2) is 5.46. The van der Waals surface area contributed by atoms with Crippen molar-refractivity contribution in [3.8, 4) is 0 Å². The highest BCUT2D eigenvalue weighted by Crippen LogP contribution is 2.35. The van der Waals surface area contributed by atoms with Crippen LogP contribution in [0.3, 0.4) is 0 Å². The maximum atomic E-state index is 9.45. The van der Waals surface area contributed by atoms with Gasteiger partial charge in [0.05, 0.1) is 13.2 Å². The molecule has 2 rings (SSSR count). The molecule has 0 spiro atoms. The quantitative estimate of drug-likeness (QED) is 0.822. The van der Waals surface area contributed by atoms with Crippen LogP contribution < -0.4 is 0 Å². The third-order valence-corrected chi connectivity index (χ3v) is 3.68. The van der Waals surface area contributed by atoms with Gasteiger partial charge >= 0.3 is 0 Å². The molecule has 0 unspecified atom stereocenters. The van der Waals surface area contributed by atoms with Gasteiger partial charge < -0.3 is 10.2 Å². The SMILES string of the molecule is OCc1cccc(C2CCCCC2)c1CO. The summed E-state index contributed by atoms with van der Waals surface area (Å²) in [5.41, 5.74) is 3.09. The second-order valence-corrected chi connectivity index (χ2v) is 4.64. The van der Waals surface area contributed by atoms with Crippen LogP contribution in [0.5, 0.6) is 0 Å². The van der Waals surface area contributed by atoms with Crippen molar-refractivity contribution in [2.75, 3.05) is 0 Å². The summed E-state index contributed by atoms with van der Waals surface area (Å²) in [5.74, 6) is 0.586. The average Bonchev–Trinajstić information content (AvgIpc) is 2.38. The van der Waals surface area contributed by atoms with Crippen molar-refractivity contribution in [3.63, 3.8) is 0 Å². The van der Waals surface area contributed by atoms with Gasteiger partial charge in [-0.05, 0) is 35.4 Å². The molecule has 88 valence electrons. The van der Waals surface area contributed by atoms with Crippen LogP contribution in [0.4, 0.5) is 0 Å². The third kappa shape index (κ3) is 2.28. The van der Waals surface area contributed by atoms with Crippen LogP contribution in [0.15, 0.2) is 18.2 Å². The Morgan fingerprint density at radius 1 is 1.00 bits per heavy atom. The number of hydrogen-bond acceptors (Lipinski definition) is 2. The van der Waals surface area contributed by atoms with E-state index in [-0.39, 0.29) is 13.2 Å². The maximum absolute atomic E-state index is 9.45. The minimum absolute atomic E-state index is 0.0243. The molecule has 1 aliphatic rings. The maximum Gasteiger partial charge on any atom is 0.0688 e. The summed E-state index contributed by atoms with van der Waals surface area (Å²) in [6.07, 6.45) is 6.37. The Morgan fingerprint density at radius 3 is 2.38 bits per heavy atom. The Morgan fingerprint density at radius 2 is 1.75 bits per heavy atom. The van der Waals surface area contributed by atoms with Crippen molar-refractivity contribution in [3.05, 3.63) is 34.9 Å². The summed E-state index contributed by atoms with van der Waals surface area (Å²) in [7, 11) is 0. The predicted octanol–water partition coefficient (Wildman–Crippen LogP) is 2.72. The number of aliphatic hydroxyl groups excluding tert-OH is 2.